The van der Waals surface area contributed by atoms with Crippen LogP contribution in [0.4, 0.5) is 0 Å². The summed E-state index contributed by atoms with van der Waals surface area (Å²) in [5, 5.41) is 3.24. The normalized spacial score (nSPS) is 19.4. The van der Waals surface area contributed by atoms with E-state index in [2.05, 4.69) is 40.0 Å². The van der Waals surface area contributed by atoms with Crippen molar-refractivity contribution in [1.82, 2.24) is 5.32 Å². The molecule has 1 heterocycles. The molecule has 2 rings (SSSR count). The number of halogens is 1. The maximum absolute atomic E-state index is 11.9. The second-order valence-corrected chi connectivity index (χ2v) is 5.48. The van der Waals surface area contributed by atoms with E-state index in [4.69, 9.17) is 4.74 Å². The van der Waals surface area contributed by atoms with Crippen LogP contribution in [0, 0.1) is 3.57 Å². The first-order chi connectivity index (χ1) is 8.65. The van der Waals surface area contributed by atoms with Gasteiger partial charge in [-0.15, -0.1) is 0 Å². The maximum atomic E-state index is 11.9. The Balaban J connectivity index is 2.46. The van der Waals surface area contributed by atoms with Crippen molar-refractivity contribution >= 4 is 28.6 Å². The van der Waals surface area contributed by atoms with Gasteiger partial charge in [0.25, 0.3) is 0 Å². The second kappa shape index (κ2) is 5.73. The molecule has 3 nitrogen and oxygen atoms in total. The Bertz CT molecular complexity index is 496. The lowest BCUT2D eigenvalue weighted by atomic mass is 9.85. The monoisotopic (exact) mass is 357 g/mol. The Kier molecular flexibility index (Phi) is 4.27. The Morgan fingerprint density at radius 2 is 2.17 bits per heavy atom. The van der Waals surface area contributed by atoms with Crippen LogP contribution >= 0.6 is 22.6 Å². The van der Waals surface area contributed by atoms with Gasteiger partial charge in [-0.25, -0.2) is 4.79 Å². The van der Waals surface area contributed by atoms with Crippen LogP contribution in [-0.4, -0.2) is 19.6 Å². The van der Waals surface area contributed by atoms with Crippen molar-refractivity contribution in [1.29, 1.82) is 0 Å². The van der Waals surface area contributed by atoms with E-state index in [0.29, 0.717) is 0 Å². The van der Waals surface area contributed by atoms with Crippen molar-refractivity contribution in [3.63, 3.8) is 0 Å². The molecular formula is C14H16INO2. The minimum atomic E-state index is -0.232. The topological polar surface area (TPSA) is 38.3 Å². The highest BCUT2D eigenvalue weighted by Crippen LogP contribution is 2.35. The van der Waals surface area contributed by atoms with E-state index in [9.17, 15) is 4.79 Å². The first-order valence-corrected chi connectivity index (χ1v) is 7.00. The number of hydrogen-bond donors (Lipinski definition) is 1. The molecule has 1 aromatic rings. The zero-order chi connectivity index (χ0) is 13.1. The summed E-state index contributed by atoms with van der Waals surface area (Å²) in [7, 11) is 1.43. The minimum absolute atomic E-state index is 0.131. The number of ether oxygens (including phenoxy) is 1. The number of benzene rings is 1. The zero-order valence-electron chi connectivity index (χ0n) is 10.5. The van der Waals surface area contributed by atoms with Crippen molar-refractivity contribution in [2.24, 2.45) is 0 Å². The molecule has 1 N–H and O–H groups in total. The van der Waals surface area contributed by atoms with E-state index in [0.717, 1.165) is 24.2 Å². The number of carbonyl (C=O) groups excluding carboxylic acids is 1. The predicted octanol–water partition coefficient (Wildman–Crippen LogP) is 2.82. The van der Waals surface area contributed by atoms with Gasteiger partial charge in [0.15, 0.2) is 0 Å². The highest BCUT2D eigenvalue weighted by Gasteiger charge is 2.29. The molecule has 1 aliphatic heterocycles. The summed E-state index contributed by atoms with van der Waals surface area (Å²) < 4.78 is 6.10. The van der Waals surface area contributed by atoms with Crippen LogP contribution in [0.5, 0.6) is 0 Å². The Labute approximate surface area is 121 Å². The smallest absolute Gasteiger partial charge is 0.336 e. The molecule has 1 atom stereocenters. The number of allylic oxidation sites excluding steroid dienone is 1. The first kappa shape index (κ1) is 13.4. The number of carbonyl (C=O) groups is 1. The summed E-state index contributed by atoms with van der Waals surface area (Å²) in [5.74, 6) is -0.101. The van der Waals surface area contributed by atoms with Crippen LogP contribution in [0.25, 0.3) is 0 Å². The van der Waals surface area contributed by atoms with E-state index in [1.807, 2.05) is 19.1 Å². The number of hydrogen-bond acceptors (Lipinski definition) is 3. The summed E-state index contributed by atoms with van der Waals surface area (Å²) in [6.07, 6.45) is 0.918. The molecule has 1 unspecified atom stereocenters. The van der Waals surface area contributed by atoms with E-state index < -0.39 is 0 Å². The third-order valence-corrected chi connectivity index (χ3v) is 4.24. The Morgan fingerprint density at radius 3 is 2.83 bits per heavy atom. The highest BCUT2D eigenvalue weighted by atomic mass is 127. The summed E-state index contributed by atoms with van der Waals surface area (Å²) in [5.41, 5.74) is 2.89. The van der Waals surface area contributed by atoms with Gasteiger partial charge in [0.2, 0.25) is 0 Å². The van der Waals surface area contributed by atoms with Crippen molar-refractivity contribution in [2.75, 3.05) is 13.7 Å². The van der Waals surface area contributed by atoms with Crippen molar-refractivity contribution < 1.29 is 9.53 Å². The Hall–Kier alpha value is -1.04. The molecule has 0 aromatic heterocycles. The molecule has 0 bridgehead atoms. The van der Waals surface area contributed by atoms with Gasteiger partial charge in [-0.2, -0.15) is 0 Å². The number of esters is 1. The molecule has 0 aliphatic carbocycles. The molecule has 18 heavy (non-hydrogen) atoms. The van der Waals surface area contributed by atoms with Crippen LogP contribution in [0.3, 0.4) is 0 Å². The number of rotatable bonds is 2. The van der Waals surface area contributed by atoms with Crippen LogP contribution in [0.2, 0.25) is 0 Å². The highest BCUT2D eigenvalue weighted by molar-refractivity contribution is 14.1. The van der Waals surface area contributed by atoms with Gasteiger partial charge in [0, 0.05) is 21.7 Å². The predicted molar refractivity (Wildman–Crippen MR) is 79.2 cm³/mol. The molecule has 1 aromatic carbocycles. The molecule has 1 aliphatic rings. The molecule has 0 saturated carbocycles. The average Bonchev–Trinajstić information content (AvgIpc) is 2.38. The molecule has 96 valence electrons. The Morgan fingerprint density at radius 1 is 1.44 bits per heavy atom. The molecule has 0 saturated heterocycles. The number of methoxy groups -OCH3 is 1. The molecule has 0 amide bonds. The largest absolute Gasteiger partial charge is 0.466 e. The van der Waals surface area contributed by atoms with E-state index in [-0.39, 0.29) is 11.9 Å². The van der Waals surface area contributed by atoms with Crippen molar-refractivity contribution in [3.8, 4) is 0 Å². The quantitative estimate of drug-likeness (QED) is 0.654. The van der Waals surface area contributed by atoms with Crippen LogP contribution in [0.1, 0.15) is 24.8 Å². The van der Waals surface area contributed by atoms with E-state index >= 15 is 0 Å². The number of nitrogens with one attached hydrogen (secondary N) is 1. The molecule has 0 fully saturated rings. The lowest BCUT2D eigenvalue weighted by molar-refractivity contribution is -0.136. The van der Waals surface area contributed by atoms with Crippen LogP contribution < -0.4 is 5.32 Å². The fourth-order valence-electron chi connectivity index (χ4n) is 2.38. The third kappa shape index (κ3) is 2.53. The van der Waals surface area contributed by atoms with Crippen LogP contribution in [0.15, 0.2) is 35.5 Å². The van der Waals surface area contributed by atoms with E-state index in [1.165, 1.54) is 16.2 Å². The fourth-order valence-corrected chi connectivity index (χ4v) is 3.14. The summed E-state index contributed by atoms with van der Waals surface area (Å²) in [4.78, 5) is 11.9. The van der Waals surface area contributed by atoms with Gasteiger partial charge >= 0.3 is 5.97 Å². The summed E-state index contributed by atoms with van der Waals surface area (Å²) >= 11 is 2.32. The van der Waals surface area contributed by atoms with Crippen LogP contribution in [-0.2, 0) is 9.53 Å². The minimum Gasteiger partial charge on any atom is -0.466 e. The summed E-state index contributed by atoms with van der Waals surface area (Å²) in [6.45, 7) is 2.83. The van der Waals surface area contributed by atoms with Gasteiger partial charge in [-0.05, 0) is 47.6 Å². The molecule has 4 heteroatoms. The standard InChI is InChI=1S/C14H16INO2/c1-9-13(14(17)18-2)11(7-8-16-9)10-5-3-4-6-12(10)15/h3-6,11,16H,7-8H2,1-2H3. The van der Waals surface area contributed by atoms with Gasteiger partial charge in [0.05, 0.1) is 12.7 Å². The lowest BCUT2D eigenvalue weighted by Crippen LogP contribution is -2.29. The van der Waals surface area contributed by atoms with Crippen molar-refractivity contribution in [2.45, 2.75) is 19.3 Å². The van der Waals surface area contributed by atoms with Gasteiger partial charge in [-0.1, -0.05) is 18.2 Å². The van der Waals surface area contributed by atoms with E-state index in [1.54, 1.807) is 0 Å². The summed E-state index contributed by atoms with van der Waals surface area (Å²) in [6, 6.07) is 8.20. The van der Waals surface area contributed by atoms with Gasteiger partial charge in [-0.3, -0.25) is 0 Å². The van der Waals surface area contributed by atoms with Gasteiger partial charge in [0.1, 0.15) is 0 Å². The maximum Gasteiger partial charge on any atom is 0.336 e. The second-order valence-electron chi connectivity index (χ2n) is 4.32. The zero-order valence-corrected chi connectivity index (χ0v) is 12.7. The van der Waals surface area contributed by atoms with Crippen molar-refractivity contribution in [3.05, 3.63) is 44.7 Å². The fraction of sp³-hybridized carbons (Fsp3) is 0.357. The SMILES string of the molecule is COC(=O)C1=C(C)NCCC1c1ccccc1I. The van der Waals surface area contributed by atoms with Gasteiger partial charge < -0.3 is 10.1 Å². The third-order valence-electron chi connectivity index (χ3n) is 3.26. The molecular weight excluding hydrogens is 341 g/mol. The lowest BCUT2D eigenvalue weighted by Gasteiger charge is -2.27. The molecule has 0 spiro atoms. The molecule has 0 radical (unpaired) electrons. The first-order valence-electron chi connectivity index (χ1n) is 5.92. The average molecular weight is 357 g/mol.